The van der Waals surface area contributed by atoms with Gasteiger partial charge < -0.3 is 44.6 Å². The minimum absolute atomic E-state index is 0.0380. The van der Waals surface area contributed by atoms with E-state index in [1.54, 1.807) is 0 Å². The Morgan fingerprint density at radius 1 is 1.06 bits per heavy atom. The minimum atomic E-state index is -5.65. The molecule has 21 heteroatoms. The summed E-state index contributed by atoms with van der Waals surface area (Å²) in [4.78, 5) is 50.5. The first kappa shape index (κ1) is 28.3. The number of phosphoric acid groups is 3. The van der Waals surface area contributed by atoms with Gasteiger partial charge in [-0.1, -0.05) is 0 Å². The molecule has 0 aliphatic carbocycles. The lowest BCUT2D eigenvalue weighted by Crippen LogP contribution is -2.28. The molecule has 2 aliphatic rings. The first-order valence-corrected chi connectivity index (χ1v) is 13.3. The van der Waals surface area contributed by atoms with Gasteiger partial charge in [-0.05, 0) is 6.07 Å². The van der Waals surface area contributed by atoms with Crippen molar-refractivity contribution in [2.75, 3.05) is 12.3 Å². The molecule has 0 radical (unpaired) electrons. The molecule has 0 spiro atoms. The van der Waals surface area contributed by atoms with Crippen molar-refractivity contribution in [3.05, 3.63) is 47.8 Å². The molecular formula is C13H20N3O15P3. The van der Waals surface area contributed by atoms with Crippen molar-refractivity contribution in [2.45, 2.75) is 24.9 Å². The summed E-state index contributed by atoms with van der Waals surface area (Å²) in [5.74, 6) is -0.0380. The number of nitrogen functional groups attached to an aromatic ring is 1. The second-order valence-corrected chi connectivity index (χ2v) is 10.6. The van der Waals surface area contributed by atoms with Crippen molar-refractivity contribution in [3.8, 4) is 0 Å². The van der Waals surface area contributed by atoms with Crippen molar-refractivity contribution < 1.29 is 65.7 Å². The fraction of sp³-hybridized carbons (Fsp3) is 0.385. The molecule has 7 N–H and O–H groups in total. The number of nitrogens with zero attached hydrogens (tertiary/aromatic N) is 2. The fourth-order valence-corrected chi connectivity index (χ4v) is 5.40. The lowest BCUT2D eigenvalue weighted by molar-refractivity contribution is -0.0449. The smallest absolute Gasteiger partial charge is 0.466 e. The standard InChI is InChI=1S/C9H16N3O13P3.C4H4O2/c10-7-1-2-12(9(14)11-7)8-3-5(13)6(23-8)4-22-27(18,19)25-28(20,21)24-26(15,16)17;1-2-6-4-3-5-1/h1-2,5-6,8,13H,3-4H2,(H,18,19)(H,20,21)(H2,10,11,14)(H2,15,16,17);1-4H/t5-,6+,8+;/m0./s1. The van der Waals surface area contributed by atoms with Gasteiger partial charge in [0.25, 0.3) is 0 Å². The summed E-state index contributed by atoms with van der Waals surface area (Å²) in [5.41, 5.74) is 4.58. The average Bonchev–Trinajstić information content (AvgIpc) is 3.06. The van der Waals surface area contributed by atoms with Gasteiger partial charge in [0.15, 0.2) is 0 Å². The van der Waals surface area contributed by atoms with Crippen molar-refractivity contribution in [1.29, 1.82) is 0 Å². The predicted molar refractivity (Wildman–Crippen MR) is 108 cm³/mol. The maximum Gasteiger partial charge on any atom is 0.490 e. The summed E-state index contributed by atoms with van der Waals surface area (Å²) >= 11 is 0. The lowest BCUT2D eigenvalue weighted by Gasteiger charge is -2.19. The zero-order valence-electron chi connectivity index (χ0n) is 16.7. The van der Waals surface area contributed by atoms with Crippen molar-refractivity contribution in [1.82, 2.24) is 9.55 Å². The van der Waals surface area contributed by atoms with Gasteiger partial charge in [0, 0.05) is 12.6 Å². The molecule has 1 fully saturated rings. The highest BCUT2D eigenvalue weighted by Gasteiger charge is 2.42. The second kappa shape index (κ2) is 11.7. The van der Waals surface area contributed by atoms with Crippen LogP contribution < -0.4 is 11.4 Å². The molecule has 1 aromatic rings. The number of aromatic nitrogens is 2. The Hall–Kier alpha value is -1.91. The van der Waals surface area contributed by atoms with Crippen LogP contribution in [0.5, 0.6) is 0 Å². The van der Waals surface area contributed by atoms with Gasteiger partial charge in [0.1, 0.15) is 43.2 Å². The fourth-order valence-electron chi connectivity index (χ4n) is 2.37. The maximum atomic E-state index is 11.8. The van der Waals surface area contributed by atoms with Gasteiger partial charge in [0.05, 0.1) is 12.7 Å². The summed E-state index contributed by atoms with van der Waals surface area (Å²) in [5, 5.41) is 9.94. The van der Waals surface area contributed by atoms with Crippen LogP contribution in [0.2, 0.25) is 0 Å². The molecule has 0 bridgehead atoms. The first-order valence-electron chi connectivity index (χ1n) is 8.75. The third-order valence-electron chi connectivity index (χ3n) is 3.61. The van der Waals surface area contributed by atoms with Crippen LogP contribution in [0.25, 0.3) is 0 Å². The minimum Gasteiger partial charge on any atom is -0.466 e. The van der Waals surface area contributed by atoms with E-state index in [4.69, 9.17) is 25.2 Å². The Morgan fingerprint density at radius 3 is 2.15 bits per heavy atom. The normalized spacial score (nSPS) is 25.3. The van der Waals surface area contributed by atoms with Gasteiger partial charge in [0.2, 0.25) is 0 Å². The highest BCUT2D eigenvalue weighted by molar-refractivity contribution is 7.66. The number of aliphatic hydroxyl groups excluding tert-OH is 1. The van der Waals surface area contributed by atoms with Crippen LogP contribution in [0, 0.1) is 0 Å². The van der Waals surface area contributed by atoms with E-state index in [-0.39, 0.29) is 12.2 Å². The van der Waals surface area contributed by atoms with Gasteiger partial charge >= 0.3 is 29.2 Å². The number of hydrogen-bond donors (Lipinski definition) is 6. The van der Waals surface area contributed by atoms with Crippen molar-refractivity contribution in [2.24, 2.45) is 0 Å². The molecule has 1 saturated heterocycles. The maximum absolute atomic E-state index is 11.8. The molecular weight excluding hydrogens is 531 g/mol. The number of hydrogen-bond acceptors (Lipinski definition) is 13. The van der Waals surface area contributed by atoms with Crippen LogP contribution in [-0.2, 0) is 41.1 Å². The quantitative estimate of drug-likeness (QED) is 0.228. The Morgan fingerprint density at radius 2 is 1.65 bits per heavy atom. The molecule has 0 aromatic carbocycles. The molecule has 192 valence electrons. The predicted octanol–water partition coefficient (Wildman–Crippen LogP) is -0.207. The van der Waals surface area contributed by atoms with Crippen LogP contribution in [-0.4, -0.2) is 53.0 Å². The lowest BCUT2D eigenvalue weighted by atomic mass is 10.2. The van der Waals surface area contributed by atoms with E-state index in [1.807, 2.05) is 0 Å². The molecule has 2 unspecified atom stereocenters. The van der Waals surface area contributed by atoms with Crippen LogP contribution in [0.15, 0.2) is 42.1 Å². The zero-order chi connectivity index (χ0) is 25.6. The molecule has 5 atom stereocenters. The Labute approximate surface area is 190 Å². The third-order valence-corrected chi connectivity index (χ3v) is 7.41. The Bertz CT molecular complexity index is 1080. The van der Waals surface area contributed by atoms with E-state index < -0.39 is 54.2 Å². The molecule has 3 rings (SSSR count). The Kier molecular flexibility index (Phi) is 9.73. The second-order valence-electron chi connectivity index (χ2n) is 6.18. The van der Waals surface area contributed by atoms with E-state index in [0.717, 1.165) is 4.57 Å². The SMILES string of the molecule is C1=COC=CO1.Nc1ccn([C@H]2C[C@H](O)[C@@H](COP(=O)(O)OP(=O)(O)OP(=O)(O)O)O2)c(=O)n1. The van der Waals surface area contributed by atoms with Gasteiger partial charge in [-0.25, -0.2) is 18.5 Å². The van der Waals surface area contributed by atoms with Crippen molar-refractivity contribution >= 4 is 29.3 Å². The number of aliphatic hydroxyl groups is 1. The van der Waals surface area contributed by atoms with Crippen LogP contribution in [0.4, 0.5) is 5.82 Å². The number of rotatable bonds is 8. The molecule has 1 aromatic heterocycles. The molecule has 34 heavy (non-hydrogen) atoms. The monoisotopic (exact) mass is 551 g/mol. The van der Waals surface area contributed by atoms with E-state index in [9.17, 15) is 28.5 Å². The Balaban J connectivity index is 0.000000589. The highest BCUT2D eigenvalue weighted by atomic mass is 31.3. The first-order chi connectivity index (χ1) is 15.7. The number of anilines is 1. The zero-order valence-corrected chi connectivity index (χ0v) is 19.4. The van der Waals surface area contributed by atoms with E-state index >= 15 is 0 Å². The molecule has 18 nitrogen and oxygen atoms in total. The average molecular weight is 551 g/mol. The van der Waals surface area contributed by atoms with Gasteiger partial charge in [-0.3, -0.25) is 9.09 Å². The largest absolute Gasteiger partial charge is 0.490 e. The summed E-state index contributed by atoms with van der Waals surface area (Å²) in [7, 11) is -16.5. The topological polar surface area (TPSA) is 269 Å². The van der Waals surface area contributed by atoms with E-state index in [2.05, 4.69) is 27.6 Å². The summed E-state index contributed by atoms with van der Waals surface area (Å²) < 4.78 is 60.4. The summed E-state index contributed by atoms with van der Waals surface area (Å²) in [6.45, 7) is -0.849. The third kappa shape index (κ3) is 9.76. The number of nitrogens with two attached hydrogens (primary N) is 1. The van der Waals surface area contributed by atoms with Crippen LogP contribution >= 0.6 is 23.5 Å². The van der Waals surface area contributed by atoms with Gasteiger partial charge in [-0.15, -0.1) is 0 Å². The van der Waals surface area contributed by atoms with E-state index in [1.165, 1.54) is 37.3 Å². The van der Waals surface area contributed by atoms with Crippen LogP contribution in [0.3, 0.4) is 0 Å². The van der Waals surface area contributed by atoms with E-state index in [0.29, 0.717) is 0 Å². The van der Waals surface area contributed by atoms with Crippen LogP contribution in [0.1, 0.15) is 12.6 Å². The van der Waals surface area contributed by atoms with Gasteiger partial charge in [-0.2, -0.15) is 13.6 Å². The molecule has 0 amide bonds. The summed E-state index contributed by atoms with van der Waals surface area (Å²) in [6.07, 6.45) is 3.41. The number of ether oxygens (including phenoxy) is 3. The highest BCUT2D eigenvalue weighted by Crippen LogP contribution is 2.66. The molecule has 3 heterocycles. The molecule has 2 aliphatic heterocycles. The number of phosphoric ester groups is 1. The van der Waals surface area contributed by atoms with Crippen molar-refractivity contribution in [3.63, 3.8) is 0 Å². The summed E-state index contributed by atoms with van der Waals surface area (Å²) in [6, 6.07) is 1.30. The molecule has 0 saturated carbocycles.